The molecule has 1 aliphatic heterocycles. The van der Waals surface area contributed by atoms with Crippen LogP contribution in [0.15, 0.2) is 36.4 Å². The number of nitrogens with one attached hydrogen (secondary N) is 2. The molecule has 30 heavy (non-hydrogen) atoms. The lowest BCUT2D eigenvalue weighted by Crippen LogP contribution is -2.27. The summed E-state index contributed by atoms with van der Waals surface area (Å²) in [7, 11) is 1.80. The van der Waals surface area contributed by atoms with Crippen LogP contribution in [0.1, 0.15) is 60.5 Å². The summed E-state index contributed by atoms with van der Waals surface area (Å²) in [6, 6.07) is 11.7. The van der Waals surface area contributed by atoms with Gasteiger partial charge < -0.3 is 5.32 Å². The second-order valence-corrected chi connectivity index (χ2v) is 7.75. The van der Waals surface area contributed by atoms with Gasteiger partial charge in [-0.3, -0.25) is 10.1 Å². The number of amides is 1. The Labute approximate surface area is 182 Å². The van der Waals surface area contributed by atoms with Gasteiger partial charge in [-0.1, -0.05) is 32.0 Å². The van der Waals surface area contributed by atoms with E-state index in [4.69, 9.17) is 0 Å². The molecule has 4 rings (SSSR count). The van der Waals surface area contributed by atoms with Gasteiger partial charge in [-0.05, 0) is 50.0 Å². The third-order valence-corrected chi connectivity index (χ3v) is 5.27. The summed E-state index contributed by atoms with van der Waals surface area (Å²) in [5, 5.41) is 15.3. The van der Waals surface area contributed by atoms with Crippen molar-refractivity contribution in [2.75, 3.05) is 18.4 Å². The molecule has 0 bridgehead atoms. The second kappa shape index (κ2) is 9.40. The Bertz CT molecular complexity index is 990. The van der Waals surface area contributed by atoms with E-state index in [1.54, 1.807) is 11.7 Å². The maximum absolute atomic E-state index is 12.9. The average Bonchev–Trinajstić information content (AvgIpc) is 3.34. The van der Waals surface area contributed by atoms with Gasteiger partial charge in [0.15, 0.2) is 11.5 Å². The third kappa shape index (κ3) is 4.55. The van der Waals surface area contributed by atoms with Crippen LogP contribution in [0.5, 0.6) is 0 Å². The van der Waals surface area contributed by atoms with Gasteiger partial charge in [0, 0.05) is 18.7 Å². The van der Waals surface area contributed by atoms with E-state index in [9.17, 15) is 4.79 Å². The molecule has 1 saturated heterocycles. The van der Waals surface area contributed by atoms with E-state index in [2.05, 4.69) is 39.7 Å². The molecular formula is C21H28ClN7O. The molecule has 8 nitrogen and oxygen atoms in total. The maximum atomic E-state index is 12.9. The zero-order valence-electron chi connectivity index (χ0n) is 17.5. The van der Waals surface area contributed by atoms with Crippen LogP contribution >= 0.6 is 12.4 Å². The minimum atomic E-state index is -0.283. The number of nitrogens with zero attached hydrogens (tertiary/aromatic N) is 5. The van der Waals surface area contributed by atoms with E-state index in [-0.39, 0.29) is 24.2 Å². The molecule has 160 valence electrons. The summed E-state index contributed by atoms with van der Waals surface area (Å²) in [5.41, 5.74) is 2.28. The van der Waals surface area contributed by atoms with Gasteiger partial charge in [-0.2, -0.15) is 15.2 Å². The lowest BCUT2D eigenvalue weighted by molar-refractivity contribution is 0.102. The lowest BCUT2D eigenvalue weighted by Gasteiger charge is -2.19. The number of hydrogen-bond donors (Lipinski definition) is 2. The molecule has 3 aromatic rings. The fourth-order valence-electron chi connectivity index (χ4n) is 3.63. The monoisotopic (exact) mass is 429 g/mol. The van der Waals surface area contributed by atoms with Crippen LogP contribution in [0.2, 0.25) is 0 Å². The maximum Gasteiger partial charge on any atom is 0.278 e. The highest BCUT2D eigenvalue weighted by molar-refractivity contribution is 6.02. The highest BCUT2D eigenvalue weighted by atomic mass is 35.5. The van der Waals surface area contributed by atoms with Crippen molar-refractivity contribution < 1.29 is 4.79 Å². The van der Waals surface area contributed by atoms with E-state index in [0.717, 1.165) is 43.1 Å². The normalized spacial score (nSPS) is 14.5. The molecule has 9 heteroatoms. The first-order chi connectivity index (χ1) is 14.0. The summed E-state index contributed by atoms with van der Waals surface area (Å²) in [6.45, 7) is 6.12. The van der Waals surface area contributed by atoms with Crippen molar-refractivity contribution in [1.29, 1.82) is 0 Å². The van der Waals surface area contributed by atoms with Gasteiger partial charge in [-0.25, -0.2) is 9.36 Å². The Kier molecular flexibility index (Phi) is 6.89. The van der Waals surface area contributed by atoms with E-state index in [1.807, 2.05) is 41.1 Å². The van der Waals surface area contributed by atoms with Gasteiger partial charge >= 0.3 is 0 Å². The Morgan fingerprint density at radius 2 is 1.87 bits per heavy atom. The predicted molar refractivity (Wildman–Crippen MR) is 119 cm³/mol. The van der Waals surface area contributed by atoms with Crippen molar-refractivity contribution in [3.05, 3.63) is 53.6 Å². The minimum absolute atomic E-state index is 0. The molecule has 1 aromatic carbocycles. The molecule has 1 amide bonds. The zero-order valence-corrected chi connectivity index (χ0v) is 18.3. The molecule has 0 radical (unpaired) electrons. The number of aryl methyl sites for hydroxylation is 1. The van der Waals surface area contributed by atoms with Gasteiger partial charge in [0.05, 0.1) is 5.69 Å². The molecule has 0 saturated carbocycles. The van der Waals surface area contributed by atoms with Gasteiger partial charge in [0.1, 0.15) is 0 Å². The first-order valence-electron chi connectivity index (χ1n) is 10.1. The molecule has 2 aromatic heterocycles. The van der Waals surface area contributed by atoms with Crippen molar-refractivity contribution in [3.8, 4) is 5.69 Å². The Morgan fingerprint density at radius 1 is 1.17 bits per heavy atom. The quantitative estimate of drug-likeness (QED) is 0.649. The molecule has 0 atom stereocenters. The van der Waals surface area contributed by atoms with Crippen molar-refractivity contribution >= 4 is 24.3 Å². The molecule has 0 unspecified atom stereocenters. The standard InChI is InChI=1S/C21H27N7O.ClH/c1-14(2)18-13-17(25-28(18)16-7-5-4-6-8-16)20(29)24-21-23-19(26-27(21)3)15-9-11-22-12-10-15;/h4-8,13-15,22H,9-12H2,1-3H3,(H,23,24,26,29);1H. The molecule has 3 heterocycles. The summed E-state index contributed by atoms with van der Waals surface area (Å²) < 4.78 is 3.46. The molecule has 0 aliphatic carbocycles. The third-order valence-electron chi connectivity index (χ3n) is 5.27. The van der Waals surface area contributed by atoms with E-state index < -0.39 is 0 Å². The fraction of sp³-hybridized carbons (Fsp3) is 0.429. The summed E-state index contributed by atoms with van der Waals surface area (Å²) in [4.78, 5) is 17.5. The number of para-hydroxylation sites is 1. The molecule has 1 fully saturated rings. The van der Waals surface area contributed by atoms with Crippen LogP contribution in [-0.4, -0.2) is 43.5 Å². The first kappa shape index (κ1) is 22.0. The van der Waals surface area contributed by atoms with Gasteiger partial charge in [0.25, 0.3) is 5.91 Å². The molecule has 0 spiro atoms. The Morgan fingerprint density at radius 3 is 2.53 bits per heavy atom. The van der Waals surface area contributed by atoms with Crippen LogP contribution in [0.3, 0.4) is 0 Å². The van der Waals surface area contributed by atoms with Crippen LogP contribution in [0.25, 0.3) is 5.69 Å². The summed E-state index contributed by atoms with van der Waals surface area (Å²) in [6.07, 6.45) is 2.02. The minimum Gasteiger partial charge on any atom is -0.317 e. The van der Waals surface area contributed by atoms with E-state index in [1.165, 1.54) is 0 Å². The molecule has 2 N–H and O–H groups in total. The number of carbonyl (C=O) groups excluding carboxylic acids is 1. The number of carbonyl (C=O) groups is 1. The zero-order chi connectivity index (χ0) is 20.4. The van der Waals surface area contributed by atoms with Crippen LogP contribution in [0.4, 0.5) is 5.95 Å². The van der Waals surface area contributed by atoms with Crippen LogP contribution < -0.4 is 10.6 Å². The average molecular weight is 430 g/mol. The van der Waals surface area contributed by atoms with Gasteiger partial charge in [-0.15, -0.1) is 12.4 Å². The molecular weight excluding hydrogens is 402 g/mol. The van der Waals surface area contributed by atoms with Crippen molar-refractivity contribution in [1.82, 2.24) is 29.9 Å². The SMILES string of the molecule is CC(C)c1cc(C(=O)Nc2nc(C3CCNCC3)nn2C)nn1-c1ccccc1.Cl. The summed E-state index contributed by atoms with van der Waals surface area (Å²) >= 11 is 0. The Hall–Kier alpha value is -2.71. The second-order valence-electron chi connectivity index (χ2n) is 7.75. The molecule has 1 aliphatic rings. The number of rotatable bonds is 5. The number of anilines is 1. The number of halogens is 1. The van der Waals surface area contributed by atoms with Crippen molar-refractivity contribution in [3.63, 3.8) is 0 Å². The number of piperidine rings is 1. The van der Waals surface area contributed by atoms with Gasteiger partial charge in [0.2, 0.25) is 5.95 Å². The van der Waals surface area contributed by atoms with Crippen LogP contribution in [-0.2, 0) is 7.05 Å². The fourth-order valence-corrected chi connectivity index (χ4v) is 3.63. The highest BCUT2D eigenvalue weighted by Crippen LogP contribution is 2.24. The highest BCUT2D eigenvalue weighted by Gasteiger charge is 2.23. The van der Waals surface area contributed by atoms with Crippen LogP contribution in [0, 0.1) is 0 Å². The van der Waals surface area contributed by atoms with Crippen molar-refractivity contribution in [2.24, 2.45) is 7.05 Å². The predicted octanol–water partition coefficient (Wildman–Crippen LogP) is 3.27. The lowest BCUT2D eigenvalue weighted by atomic mass is 9.98. The van der Waals surface area contributed by atoms with E-state index >= 15 is 0 Å². The summed E-state index contributed by atoms with van der Waals surface area (Å²) in [5.74, 6) is 1.52. The topological polar surface area (TPSA) is 89.7 Å². The number of benzene rings is 1. The first-order valence-corrected chi connectivity index (χ1v) is 10.1. The number of aromatic nitrogens is 5. The Balaban J connectivity index is 0.00000256. The largest absolute Gasteiger partial charge is 0.317 e. The van der Waals surface area contributed by atoms with Crippen molar-refractivity contribution in [2.45, 2.75) is 38.5 Å². The van der Waals surface area contributed by atoms with E-state index in [0.29, 0.717) is 17.6 Å². The number of hydrogen-bond acceptors (Lipinski definition) is 5. The smallest absolute Gasteiger partial charge is 0.278 e.